The van der Waals surface area contributed by atoms with Crippen LogP contribution in [0.1, 0.15) is 48.9 Å². The van der Waals surface area contributed by atoms with Crippen LogP contribution in [0.15, 0.2) is 24.3 Å². The number of hydrogen-bond acceptors (Lipinski definition) is 4. The average Bonchev–Trinajstić information content (AvgIpc) is 3.00. The number of carbonyl (C=O) groups is 4. The molecule has 0 unspecified atom stereocenters. The van der Waals surface area contributed by atoms with E-state index >= 15 is 0 Å². The summed E-state index contributed by atoms with van der Waals surface area (Å²) >= 11 is 0. The Bertz CT molecular complexity index is 749. The van der Waals surface area contributed by atoms with E-state index in [2.05, 4.69) is 10.9 Å². The molecule has 2 fully saturated rings. The Morgan fingerprint density at radius 1 is 0.889 bits per heavy atom. The first kappa shape index (κ1) is 18.9. The van der Waals surface area contributed by atoms with E-state index in [9.17, 15) is 19.2 Å². The number of likely N-dealkylation sites (tertiary alicyclic amines) is 1. The molecule has 0 aliphatic carbocycles. The maximum absolute atomic E-state index is 12.5. The van der Waals surface area contributed by atoms with Crippen LogP contribution in [0.2, 0.25) is 0 Å². The third-order valence-electron chi connectivity index (χ3n) is 4.83. The molecule has 2 N–H and O–H groups in total. The molecule has 4 amide bonds. The Morgan fingerprint density at radius 2 is 1.67 bits per heavy atom. The maximum atomic E-state index is 12.5. The minimum Gasteiger partial charge on any atom is -0.333 e. The number of hydrogen-bond donors (Lipinski definition) is 2. The van der Waals surface area contributed by atoms with Crippen molar-refractivity contribution < 1.29 is 19.2 Å². The first-order chi connectivity index (χ1) is 13.1. The van der Waals surface area contributed by atoms with E-state index in [0.717, 1.165) is 25.7 Å². The predicted molar refractivity (Wildman–Crippen MR) is 98.7 cm³/mol. The van der Waals surface area contributed by atoms with Gasteiger partial charge >= 0.3 is 0 Å². The van der Waals surface area contributed by atoms with Gasteiger partial charge in [0.05, 0.1) is 11.3 Å². The predicted octanol–water partition coefficient (Wildman–Crippen LogP) is 0.977. The van der Waals surface area contributed by atoms with Crippen LogP contribution in [0, 0.1) is 0 Å². The van der Waals surface area contributed by atoms with E-state index < -0.39 is 11.8 Å². The molecule has 2 heterocycles. The van der Waals surface area contributed by atoms with Gasteiger partial charge in [0.15, 0.2) is 0 Å². The average molecular weight is 372 g/mol. The molecular formula is C19H24N4O4. The third kappa shape index (κ3) is 4.64. The Hall–Kier alpha value is -2.90. The lowest BCUT2D eigenvalue weighted by atomic mass is 10.1. The van der Waals surface area contributed by atoms with Gasteiger partial charge in [-0.2, -0.15) is 0 Å². The van der Waals surface area contributed by atoms with Crippen molar-refractivity contribution in [3.05, 3.63) is 29.8 Å². The fraction of sp³-hybridized carbons (Fsp3) is 0.474. The van der Waals surface area contributed by atoms with Crippen LogP contribution in [0.25, 0.3) is 0 Å². The largest absolute Gasteiger partial charge is 0.333 e. The van der Waals surface area contributed by atoms with Crippen molar-refractivity contribution in [2.75, 3.05) is 24.5 Å². The third-order valence-corrected chi connectivity index (χ3v) is 4.83. The van der Waals surface area contributed by atoms with Crippen LogP contribution in [-0.2, 0) is 14.4 Å². The number of amides is 4. The number of nitrogens with zero attached hydrogens (tertiary/aromatic N) is 2. The lowest BCUT2D eigenvalue weighted by Crippen LogP contribution is -2.47. The van der Waals surface area contributed by atoms with E-state index in [-0.39, 0.29) is 18.4 Å². The van der Waals surface area contributed by atoms with Crippen LogP contribution in [-0.4, -0.2) is 48.2 Å². The van der Waals surface area contributed by atoms with E-state index in [1.807, 2.05) is 0 Å². The van der Waals surface area contributed by atoms with Gasteiger partial charge in [-0.05, 0) is 31.4 Å². The van der Waals surface area contributed by atoms with Crippen molar-refractivity contribution in [3.63, 3.8) is 0 Å². The fourth-order valence-corrected chi connectivity index (χ4v) is 3.42. The maximum Gasteiger partial charge on any atom is 0.271 e. The standard InChI is InChI=1S/C19H24N4O4/c24-16(13-22-11-5-1-2-9-17(22)25)20-21-19(27)14-7-3-4-8-15(14)23-12-6-10-18(23)26/h3-4,7-8H,1-2,5-6,9-13H2,(H,20,24)(H,21,27). The number of benzene rings is 1. The van der Waals surface area contributed by atoms with Crippen molar-refractivity contribution in [2.24, 2.45) is 0 Å². The summed E-state index contributed by atoms with van der Waals surface area (Å²) in [5.41, 5.74) is 5.60. The molecule has 0 radical (unpaired) electrons. The second kappa shape index (κ2) is 8.66. The van der Waals surface area contributed by atoms with Gasteiger partial charge in [-0.3, -0.25) is 30.0 Å². The summed E-state index contributed by atoms with van der Waals surface area (Å²) in [5, 5.41) is 0. The lowest BCUT2D eigenvalue weighted by molar-refractivity contribution is -0.135. The van der Waals surface area contributed by atoms with Crippen LogP contribution in [0.3, 0.4) is 0 Å². The second-order valence-corrected chi connectivity index (χ2v) is 6.79. The molecule has 8 nitrogen and oxygen atoms in total. The summed E-state index contributed by atoms with van der Waals surface area (Å²) in [7, 11) is 0. The first-order valence-corrected chi connectivity index (χ1v) is 9.32. The molecule has 0 saturated carbocycles. The zero-order valence-electron chi connectivity index (χ0n) is 15.2. The van der Waals surface area contributed by atoms with E-state index in [4.69, 9.17) is 0 Å². The fourth-order valence-electron chi connectivity index (χ4n) is 3.42. The number of rotatable bonds is 4. The van der Waals surface area contributed by atoms with Gasteiger partial charge < -0.3 is 9.80 Å². The molecule has 3 rings (SSSR count). The first-order valence-electron chi connectivity index (χ1n) is 9.32. The van der Waals surface area contributed by atoms with Gasteiger partial charge in [0.2, 0.25) is 11.8 Å². The van der Waals surface area contributed by atoms with Gasteiger partial charge in [-0.25, -0.2) is 0 Å². The normalized spacial score (nSPS) is 17.6. The highest BCUT2D eigenvalue weighted by Crippen LogP contribution is 2.25. The van der Waals surface area contributed by atoms with Crippen LogP contribution in [0.4, 0.5) is 5.69 Å². The summed E-state index contributed by atoms with van der Waals surface area (Å²) in [6.45, 7) is 1.05. The Kier molecular flexibility index (Phi) is 6.05. The molecular weight excluding hydrogens is 348 g/mol. The molecule has 0 spiro atoms. The zero-order chi connectivity index (χ0) is 19.2. The van der Waals surface area contributed by atoms with Gasteiger partial charge in [-0.15, -0.1) is 0 Å². The summed E-state index contributed by atoms with van der Waals surface area (Å²) in [6.07, 6.45) is 4.39. The van der Waals surface area contributed by atoms with E-state index in [0.29, 0.717) is 37.2 Å². The van der Waals surface area contributed by atoms with Gasteiger partial charge in [-0.1, -0.05) is 18.6 Å². The van der Waals surface area contributed by atoms with Crippen molar-refractivity contribution >= 4 is 29.3 Å². The smallest absolute Gasteiger partial charge is 0.271 e. The van der Waals surface area contributed by atoms with Crippen LogP contribution >= 0.6 is 0 Å². The van der Waals surface area contributed by atoms with Gasteiger partial charge in [0.1, 0.15) is 6.54 Å². The highest BCUT2D eigenvalue weighted by Gasteiger charge is 2.26. The number of carbonyl (C=O) groups excluding carboxylic acids is 4. The Morgan fingerprint density at radius 3 is 2.44 bits per heavy atom. The molecule has 0 aromatic heterocycles. The molecule has 1 aromatic rings. The number of hydrazine groups is 1. The van der Waals surface area contributed by atoms with Crippen molar-refractivity contribution in [1.29, 1.82) is 0 Å². The minimum atomic E-state index is -0.499. The van der Waals surface area contributed by atoms with Gasteiger partial charge in [0, 0.05) is 25.9 Å². The summed E-state index contributed by atoms with van der Waals surface area (Å²) in [5.74, 6) is -1.000. The molecule has 2 aliphatic heterocycles. The van der Waals surface area contributed by atoms with E-state index in [1.165, 1.54) is 4.90 Å². The number of nitrogens with one attached hydrogen (secondary N) is 2. The van der Waals surface area contributed by atoms with Gasteiger partial charge in [0.25, 0.3) is 11.8 Å². The monoisotopic (exact) mass is 372 g/mol. The molecule has 0 atom stereocenters. The lowest BCUT2D eigenvalue weighted by Gasteiger charge is -2.21. The summed E-state index contributed by atoms with van der Waals surface area (Å²) in [4.78, 5) is 51.7. The quantitative estimate of drug-likeness (QED) is 0.770. The topological polar surface area (TPSA) is 98.8 Å². The number of para-hydroxylation sites is 1. The Balaban J connectivity index is 1.58. The van der Waals surface area contributed by atoms with Crippen LogP contribution < -0.4 is 15.8 Å². The minimum absolute atomic E-state index is 0.0149. The SMILES string of the molecule is O=C(CN1CCCCCC1=O)NNC(=O)c1ccccc1N1CCCC1=O. The summed E-state index contributed by atoms with van der Waals surface area (Å²) < 4.78 is 0. The molecule has 0 bridgehead atoms. The van der Waals surface area contributed by atoms with Crippen molar-refractivity contribution in [3.8, 4) is 0 Å². The second-order valence-electron chi connectivity index (χ2n) is 6.79. The van der Waals surface area contributed by atoms with Crippen molar-refractivity contribution in [2.45, 2.75) is 38.5 Å². The van der Waals surface area contributed by atoms with Crippen LogP contribution in [0.5, 0.6) is 0 Å². The summed E-state index contributed by atoms with van der Waals surface area (Å²) in [6, 6.07) is 6.80. The zero-order valence-corrected chi connectivity index (χ0v) is 15.2. The molecule has 144 valence electrons. The Labute approximate surface area is 157 Å². The molecule has 2 aliphatic rings. The molecule has 27 heavy (non-hydrogen) atoms. The highest BCUT2D eigenvalue weighted by molar-refractivity contribution is 6.05. The molecule has 2 saturated heterocycles. The molecule has 8 heteroatoms. The molecule has 1 aromatic carbocycles. The van der Waals surface area contributed by atoms with E-state index in [1.54, 1.807) is 29.2 Å². The number of anilines is 1. The van der Waals surface area contributed by atoms with Crippen molar-refractivity contribution in [1.82, 2.24) is 15.8 Å². The highest BCUT2D eigenvalue weighted by atomic mass is 16.2.